The number of aliphatic hydroxyl groups excluding tert-OH is 2. The summed E-state index contributed by atoms with van der Waals surface area (Å²) >= 11 is 0. The molecule has 2 N–H and O–H groups in total. The molecular weight excluding hydrogens is 252 g/mol. The Balaban J connectivity index is 4.94. The summed E-state index contributed by atoms with van der Waals surface area (Å²) in [4.78, 5) is 45.5. The van der Waals surface area contributed by atoms with Gasteiger partial charge in [0.25, 0.3) is 0 Å². The molecule has 0 heterocycles. The molecule has 0 saturated carbocycles. The van der Waals surface area contributed by atoms with Crippen LogP contribution in [0.3, 0.4) is 0 Å². The van der Waals surface area contributed by atoms with Gasteiger partial charge < -0.3 is 10.2 Å². The van der Waals surface area contributed by atoms with Crippen LogP contribution < -0.4 is 0 Å². The molecule has 0 amide bonds. The number of hydrogen-bond acceptors (Lipinski definition) is 6. The summed E-state index contributed by atoms with van der Waals surface area (Å²) in [7, 11) is 0. The highest BCUT2D eigenvalue weighted by Gasteiger charge is 2.42. The Bertz CT molecular complexity index is 360. The van der Waals surface area contributed by atoms with Crippen molar-refractivity contribution in [2.24, 2.45) is 5.41 Å². The largest absolute Gasteiger partial charge is 0.385 e. The predicted octanol–water partition coefficient (Wildman–Crippen LogP) is -0.169. The molecule has 0 aliphatic heterocycles. The minimum absolute atomic E-state index is 0.377. The lowest BCUT2D eigenvalue weighted by molar-refractivity contribution is -0.150. The van der Waals surface area contributed by atoms with E-state index in [9.17, 15) is 29.4 Å². The molecule has 0 aromatic heterocycles. The van der Waals surface area contributed by atoms with E-state index in [1.165, 1.54) is 27.7 Å². The van der Waals surface area contributed by atoms with Crippen molar-refractivity contribution >= 4 is 23.1 Å². The van der Waals surface area contributed by atoms with Gasteiger partial charge in [-0.2, -0.15) is 0 Å². The Morgan fingerprint density at radius 2 is 1.11 bits per heavy atom. The highest BCUT2D eigenvalue weighted by atomic mass is 16.3. The third-order valence-electron chi connectivity index (χ3n) is 2.80. The van der Waals surface area contributed by atoms with Gasteiger partial charge in [-0.15, -0.1) is 0 Å². The SMILES string of the molecule is CC(=O)CC(O)C(=O)C(C)(C)C(=O)C(O)CC(C)=O. The van der Waals surface area contributed by atoms with Gasteiger partial charge in [0, 0.05) is 12.8 Å². The molecule has 6 heteroatoms. The van der Waals surface area contributed by atoms with Crippen LogP contribution in [0.5, 0.6) is 0 Å². The van der Waals surface area contributed by atoms with Crippen molar-refractivity contribution in [1.82, 2.24) is 0 Å². The molecule has 0 aliphatic carbocycles. The maximum Gasteiger partial charge on any atom is 0.174 e. The summed E-state index contributed by atoms with van der Waals surface area (Å²) in [5.41, 5.74) is -1.65. The third kappa shape index (κ3) is 5.00. The summed E-state index contributed by atoms with van der Waals surface area (Å²) in [6.45, 7) is 4.95. The predicted molar refractivity (Wildman–Crippen MR) is 66.4 cm³/mol. The first-order valence-corrected chi connectivity index (χ1v) is 5.93. The molecule has 19 heavy (non-hydrogen) atoms. The normalized spacial score (nSPS) is 14.6. The van der Waals surface area contributed by atoms with Gasteiger partial charge in [-0.3, -0.25) is 19.2 Å². The van der Waals surface area contributed by atoms with Gasteiger partial charge in [0.1, 0.15) is 23.8 Å². The van der Waals surface area contributed by atoms with Crippen LogP contribution in [0.2, 0.25) is 0 Å². The molecule has 0 fully saturated rings. The molecule has 0 bridgehead atoms. The van der Waals surface area contributed by atoms with Gasteiger partial charge in [-0.25, -0.2) is 0 Å². The van der Waals surface area contributed by atoms with Crippen LogP contribution in [0, 0.1) is 5.41 Å². The van der Waals surface area contributed by atoms with E-state index in [2.05, 4.69) is 0 Å². The van der Waals surface area contributed by atoms with Crippen LogP contribution >= 0.6 is 0 Å². The lowest BCUT2D eigenvalue weighted by atomic mass is 9.77. The first-order chi connectivity index (χ1) is 8.50. The third-order valence-corrected chi connectivity index (χ3v) is 2.80. The van der Waals surface area contributed by atoms with E-state index in [0.717, 1.165) is 0 Å². The van der Waals surface area contributed by atoms with Gasteiger partial charge in [0.2, 0.25) is 0 Å². The fraction of sp³-hybridized carbons (Fsp3) is 0.692. The zero-order valence-corrected chi connectivity index (χ0v) is 11.6. The second-order valence-corrected chi connectivity index (χ2v) is 5.20. The van der Waals surface area contributed by atoms with Crippen molar-refractivity contribution in [2.75, 3.05) is 0 Å². The van der Waals surface area contributed by atoms with Gasteiger partial charge in [-0.1, -0.05) is 0 Å². The molecular formula is C13H20O6. The van der Waals surface area contributed by atoms with Crippen molar-refractivity contribution in [2.45, 2.75) is 52.7 Å². The van der Waals surface area contributed by atoms with E-state index < -0.39 is 29.2 Å². The Morgan fingerprint density at radius 3 is 1.32 bits per heavy atom. The molecule has 0 radical (unpaired) electrons. The number of Topliss-reactive ketones (excluding diaryl/α,β-unsaturated/α-hetero) is 4. The molecule has 2 unspecified atom stereocenters. The topological polar surface area (TPSA) is 109 Å². The maximum atomic E-state index is 11.9. The van der Waals surface area contributed by atoms with E-state index in [4.69, 9.17) is 0 Å². The molecule has 6 nitrogen and oxygen atoms in total. The van der Waals surface area contributed by atoms with Crippen LogP contribution in [0.25, 0.3) is 0 Å². The average Bonchev–Trinajstić information content (AvgIpc) is 2.24. The molecule has 108 valence electrons. The second-order valence-electron chi connectivity index (χ2n) is 5.20. The summed E-state index contributed by atoms with van der Waals surface area (Å²) in [5.74, 6) is -2.44. The van der Waals surface area contributed by atoms with Gasteiger partial charge in [-0.05, 0) is 27.7 Å². The lowest BCUT2D eigenvalue weighted by Crippen LogP contribution is -2.46. The number of carbonyl (C=O) groups excluding carboxylic acids is 4. The van der Waals surface area contributed by atoms with E-state index >= 15 is 0 Å². The highest BCUT2D eigenvalue weighted by Crippen LogP contribution is 2.24. The van der Waals surface area contributed by atoms with Crippen molar-refractivity contribution in [1.29, 1.82) is 0 Å². The van der Waals surface area contributed by atoms with Crippen LogP contribution in [0.4, 0.5) is 0 Å². The summed E-state index contributed by atoms with van der Waals surface area (Å²) in [5, 5.41) is 19.1. The van der Waals surface area contributed by atoms with Crippen molar-refractivity contribution in [3.05, 3.63) is 0 Å². The van der Waals surface area contributed by atoms with Gasteiger partial charge >= 0.3 is 0 Å². The number of carbonyl (C=O) groups is 4. The van der Waals surface area contributed by atoms with Gasteiger partial charge in [0.05, 0.1) is 5.41 Å². The summed E-state index contributed by atoms with van der Waals surface area (Å²) in [6.07, 6.45) is -3.92. The Hall–Kier alpha value is -1.40. The number of ketones is 4. The Morgan fingerprint density at radius 1 is 0.842 bits per heavy atom. The molecule has 0 spiro atoms. The summed E-state index contributed by atoms with van der Waals surface area (Å²) in [6, 6.07) is 0. The fourth-order valence-electron chi connectivity index (χ4n) is 1.68. The molecule has 0 saturated heterocycles. The molecule has 0 aromatic carbocycles. The van der Waals surface area contributed by atoms with E-state index in [0.29, 0.717) is 0 Å². The van der Waals surface area contributed by atoms with Crippen molar-refractivity contribution < 1.29 is 29.4 Å². The minimum Gasteiger partial charge on any atom is -0.385 e. The first-order valence-electron chi connectivity index (χ1n) is 5.93. The quantitative estimate of drug-likeness (QED) is 0.594. The maximum absolute atomic E-state index is 11.9. The lowest BCUT2D eigenvalue weighted by Gasteiger charge is -2.26. The molecule has 0 rings (SSSR count). The minimum atomic E-state index is -1.65. The fourth-order valence-corrected chi connectivity index (χ4v) is 1.68. The van der Waals surface area contributed by atoms with E-state index in [1.54, 1.807) is 0 Å². The molecule has 2 atom stereocenters. The molecule has 0 aromatic rings. The standard InChI is InChI=1S/C13H20O6/c1-7(14)5-9(16)11(18)13(3,4)12(19)10(17)6-8(2)15/h9-10,16-17H,5-6H2,1-4H3. The summed E-state index contributed by atoms with van der Waals surface area (Å²) < 4.78 is 0. The van der Waals surface area contributed by atoms with Crippen LogP contribution in [0.15, 0.2) is 0 Å². The van der Waals surface area contributed by atoms with E-state index in [-0.39, 0.29) is 24.4 Å². The number of aliphatic hydroxyl groups is 2. The Labute approximate surface area is 111 Å². The Kier molecular flexibility index (Phi) is 6.18. The van der Waals surface area contributed by atoms with Crippen LogP contribution in [0.1, 0.15) is 40.5 Å². The number of hydrogen-bond donors (Lipinski definition) is 2. The van der Waals surface area contributed by atoms with Crippen molar-refractivity contribution in [3.8, 4) is 0 Å². The monoisotopic (exact) mass is 272 g/mol. The molecule has 0 aliphatic rings. The zero-order chi connectivity index (χ0) is 15.4. The second kappa shape index (κ2) is 6.68. The number of rotatable bonds is 8. The van der Waals surface area contributed by atoms with Gasteiger partial charge in [0.15, 0.2) is 11.6 Å². The smallest absolute Gasteiger partial charge is 0.174 e. The average molecular weight is 272 g/mol. The van der Waals surface area contributed by atoms with Crippen LogP contribution in [-0.2, 0) is 19.2 Å². The zero-order valence-electron chi connectivity index (χ0n) is 11.6. The van der Waals surface area contributed by atoms with Crippen molar-refractivity contribution in [3.63, 3.8) is 0 Å². The first kappa shape index (κ1) is 17.6. The van der Waals surface area contributed by atoms with Crippen LogP contribution in [-0.4, -0.2) is 45.6 Å². The highest BCUT2D eigenvalue weighted by molar-refractivity contribution is 6.10. The van der Waals surface area contributed by atoms with E-state index in [1.807, 2.05) is 0 Å².